The van der Waals surface area contributed by atoms with Gasteiger partial charge in [-0.1, -0.05) is 6.07 Å². The van der Waals surface area contributed by atoms with Gasteiger partial charge in [-0.15, -0.1) is 5.10 Å². The Bertz CT molecular complexity index is 2740. The number of unbranched alkanes of at least 4 members (excludes halogenated alkanes) is 1. The van der Waals surface area contributed by atoms with Gasteiger partial charge >= 0.3 is 5.69 Å². The Labute approximate surface area is 328 Å². The van der Waals surface area contributed by atoms with E-state index >= 15 is 0 Å². The summed E-state index contributed by atoms with van der Waals surface area (Å²) in [7, 11) is 3.34. The van der Waals surface area contributed by atoms with Crippen molar-refractivity contribution in [2.75, 3.05) is 24.2 Å². The molecule has 5 aromatic heterocycles. The molecule has 0 bridgehead atoms. The Kier molecular flexibility index (Phi) is 10.0. The number of hydrogen-bond donors (Lipinski definition) is 5. The quantitative estimate of drug-likeness (QED) is 0.0844. The molecule has 2 aliphatic rings. The lowest BCUT2D eigenvalue weighted by Crippen LogP contribution is -2.44. The minimum Gasteiger partial charge on any atom is -0.385 e. The van der Waals surface area contributed by atoms with E-state index in [4.69, 9.17) is 0 Å². The summed E-state index contributed by atoms with van der Waals surface area (Å²) in [4.78, 5) is 85.1. The zero-order chi connectivity index (χ0) is 40.7. The summed E-state index contributed by atoms with van der Waals surface area (Å²) < 4.78 is 19.0. The van der Waals surface area contributed by atoms with Crippen LogP contribution in [0.4, 0.5) is 21.6 Å². The van der Waals surface area contributed by atoms with Gasteiger partial charge in [0, 0.05) is 51.9 Å². The number of amides is 4. The number of imide groups is 1. The largest absolute Gasteiger partial charge is 0.385 e. The van der Waals surface area contributed by atoms with Crippen LogP contribution < -0.4 is 37.8 Å². The van der Waals surface area contributed by atoms with Crippen LogP contribution in [0.1, 0.15) is 64.6 Å². The third kappa shape index (κ3) is 7.28. The van der Waals surface area contributed by atoms with Crippen molar-refractivity contribution in [3.63, 3.8) is 0 Å². The molecule has 298 valence electrons. The molecule has 0 radical (unpaired) electrons. The Balaban J connectivity index is 0.872. The molecule has 1 unspecified atom stereocenters. The van der Waals surface area contributed by atoms with Crippen LogP contribution in [0.2, 0.25) is 0 Å². The molecule has 6 heterocycles. The Morgan fingerprint density at radius 1 is 0.966 bits per heavy atom. The number of carbonyl (C=O) groups excluding carboxylic acids is 4. The van der Waals surface area contributed by atoms with Gasteiger partial charge in [-0.05, 0) is 67.6 Å². The highest BCUT2D eigenvalue weighted by atomic mass is 19.1. The molecule has 1 aromatic carbocycles. The van der Waals surface area contributed by atoms with Crippen LogP contribution in [0.15, 0.2) is 76.7 Å². The number of halogens is 1. The van der Waals surface area contributed by atoms with Crippen LogP contribution >= 0.6 is 0 Å². The highest BCUT2D eigenvalue weighted by molar-refractivity contribution is 6.00. The van der Waals surface area contributed by atoms with Gasteiger partial charge in [-0.3, -0.25) is 43.0 Å². The van der Waals surface area contributed by atoms with Gasteiger partial charge in [0.1, 0.15) is 23.7 Å². The van der Waals surface area contributed by atoms with Gasteiger partial charge in [-0.25, -0.2) is 23.7 Å². The van der Waals surface area contributed by atoms with Crippen LogP contribution in [-0.4, -0.2) is 82.7 Å². The number of nitrogens with one attached hydrogen (secondary N) is 5. The predicted octanol–water partition coefficient (Wildman–Crippen LogP) is 2.28. The van der Waals surface area contributed by atoms with Gasteiger partial charge in [0.2, 0.25) is 11.8 Å². The molecule has 3 atom stereocenters. The van der Waals surface area contributed by atoms with E-state index in [1.54, 1.807) is 50.6 Å². The molecule has 58 heavy (non-hydrogen) atoms. The summed E-state index contributed by atoms with van der Waals surface area (Å²) in [6, 6.07) is 12.4. The number of carbonyl (C=O) groups is 4. The number of aromatic nitrogens is 7. The van der Waals surface area contributed by atoms with Crippen molar-refractivity contribution in [2.45, 2.75) is 56.8 Å². The summed E-state index contributed by atoms with van der Waals surface area (Å²) in [5, 5.41) is 18.3. The molecule has 0 spiro atoms. The van der Waals surface area contributed by atoms with Crippen LogP contribution in [0.5, 0.6) is 0 Å². The second kappa shape index (κ2) is 15.4. The standard InChI is InChI=1S/C39H39FN12O6/c1-41-26-18-31(48-52-30(20-44-34(26)52)37(56)46-25-17-23(25)40)45-24-7-5-15-50(38(24)57)32-12-9-22(19-43-32)35(54)42-14-4-3-6-21-8-10-27-29(16-21)49(2)39(58)51(27)28-11-13-33(53)47-36(28)55/h5,7-10,12,15-16,18-20,23,25,28,41H,3-4,6,11,13-14,17H2,1-2H3,(H,42,54)(H,45,48)(H,46,56)(H,47,53,55)/t23-,25+,28?/m0/s1. The van der Waals surface area contributed by atoms with Crippen molar-refractivity contribution >= 4 is 57.5 Å². The van der Waals surface area contributed by atoms with E-state index in [1.807, 2.05) is 18.2 Å². The molecule has 8 rings (SSSR count). The Morgan fingerprint density at radius 3 is 2.53 bits per heavy atom. The number of hydrogen-bond acceptors (Lipinski definition) is 11. The first kappa shape index (κ1) is 37.7. The number of rotatable bonds is 13. The van der Waals surface area contributed by atoms with E-state index in [9.17, 15) is 33.2 Å². The SMILES string of the molecule is CNc1cc(Nc2cccn(-c3ccc(C(=O)NCCCCc4ccc5c(c4)n(C)c(=O)n5C4CCC(=O)NC4=O)cn3)c2=O)nn2c(C(=O)N[C@@H]3C[C@@H]3F)cnc12. The minimum absolute atomic E-state index is 0.110. The van der Waals surface area contributed by atoms with Crippen molar-refractivity contribution in [3.8, 4) is 5.82 Å². The average molecular weight is 791 g/mol. The molecule has 1 aliphatic heterocycles. The van der Waals surface area contributed by atoms with Crippen LogP contribution in [0.3, 0.4) is 0 Å². The van der Waals surface area contributed by atoms with E-state index in [0.29, 0.717) is 47.3 Å². The van der Waals surface area contributed by atoms with E-state index in [0.717, 1.165) is 12.0 Å². The predicted molar refractivity (Wildman–Crippen MR) is 210 cm³/mol. The normalized spacial score (nSPS) is 17.6. The highest BCUT2D eigenvalue weighted by Crippen LogP contribution is 2.27. The molecular weight excluding hydrogens is 752 g/mol. The monoisotopic (exact) mass is 790 g/mol. The second-order valence-corrected chi connectivity index (χ2v) is 14.2. The Morgan fingerprint density at radius 2 is 1.79 bits per heavy atom. The van der Waals surface area contributed by atoms with Gasteiger partial charge in [0.05, 0.1) is 34.5 Å². The van der Waals surface area contributed by atoms with Crippen molar-refractivity contribution < 1.29 is 23.6 Å². The maximum absolute atomic E-state index is 13.6. The lowest BCUT2D eigenvalue weighted by atomic mass is 10.0. The highest BCUT2D eigenvalue weighted by Gasteiger charge is 2.39. The first-order chi connectivity index (χ1) is 28.0. The molecule has 19 heteroatoms. The summed E-state index contributed by atoms with van der Waals surface area (Å²) in [5.74, 6) is -1.13. The third-order valence-corrected chi connectivity index (χ3v) is 10.3. The van der Waals surface area contributed by atoms with E-state index in [1.165, 1.54) is 30.6 Å². The number of imidazole rings is 2. The fourth-order valence-corrected chi connectivity index (χ4v) is 7.05. The molecule has 1 aliphatic carbocycles. The number of benzene rings is 1. The topological polar surface area (TPSA) is 220 Å². The van der Waals surface area contributed by atoms with Crippen LogP contribution in [-0.2, 0) is 23.1 Å². The van der Waals surface area contributed by atoms with Crippen LogP contribution in [0.25, 0.3) is 22.5 Å². The third-order valence-electron chi connectivity index (χ3n) is 10.3. The average Bonchev–Trinajstić information content (AvgIpc) is 3.63. The molecule has 5 N–H and O–H groups in total. The maximum Gasteiger partial charge on any atom is 0.329 e. The zero-order valence-corrected chi connectivity index (χ0v) is 31.5. The number of pyridine rings is 2. The number of anilines is 3. The molecule has 18 nitrogen and oxygen atoms in total. The van der Waals surface area contributed by atoms with Crippen LogP contribution in [0, 0.1) is 0 Å². The zero-order valence-electron chi connectivity index (χ0n) is 31.5. The number of fused-ring (bicyclic) bond motifs is 2. The maximum atomic E-state index is 13.6. The summed E-state index contributed by atoms with van der Waals surface area (Å²) in [6.07, 6.45) is 6.08. The molecule has 2 fully saturated rings. The molecule has 6 aromatic rings. The number of nitrogens with zero attached hydrogens (tertiary/aromatic N) is 7. The summed E-state index contributed by atoms with van der Waals surface area (Å²) in [5.41, 5.74) is 3.06. The molecule has 1 saturated carbocycles. The number of piperidine rings is 1. The second-order valence-electron chi connectivity index (χ2n) is 14.2. The minimum atomic E-state index is -1.07. The fraction of sp³-hybridized carbons (Fsp3) is 0.308. The first-order valence-electron chi connectivity index (χ1n) is 18.8. The smallest absolute Gasteiger partial charge is 0.329 e. The number of alkyl halides is 1. The van der Waals surface area contributed by atoms with Crippen molar-refractivity contribution in [2.24, 2.45) is 7.05 Å². The van der Waals surface area contributed by atoms with Gasteiger partial charge in [0.25, 0.3) is 17.4 Å². The Hall–Kier alpha value is -7.18. The van der Waals surface area contributed by atoms with E-state index < -0.39 is 35.6 Å². The van der Waals surface area contributed by atoms with Gasteiger partial charge in [0.15, 0.2) is 17.2 Å². The van der Waals surface area contributed by atoms with Crippen molar-refractivity contribution in [1.29, 1.82) is 0 Å². The summed E-state index contributed by atoms with van der Waals surface area (Å²) >= 11 is 0. The van der Waals surface area contributed by atoms with E-state index in [2.05, 4.69) is 41.7 Å². The summed E-state index contributed by atoms with van der Waals surface area (Å²) in [6.45, 7) is 0.416. The van der Waals surface area contributed by atoms with Crippen molar-refractivity contribution in [3.05, 3.63) is 105 Å². The van der Waals surface area contributed by atoms with Crippen molar-refractivity contribution in [1.82, 2.24) is 49.2 Å². The van der Waals surface area contributed by atoms with Gasteiger partial charge < -0.3 is 21.3 Å². The molecular formula is C39H39FN12O6. The first-order valence-corrected chi connectivity index (χ1v) is 18.8. The lowest BCUT2D eigenvalue weighted by molar-refractivity contribution is -0.135. The fourth-order valence-electron chi connectivity index (χ4n) is 7.05. The lowest BCUT2D eigenvalue weighted by Gasteiger charge is -2.21. The number of aryl methyl sites for hydroxylation is 2. The molecule has 1 saturated heterocycles. The van der Waals surface area contributed by atoms with Gasteiger partial charge in [-0.2, -0.15) is 0 Å². The molecule has 4 amide bonds. The van der Waals surface area contributed by atoms with E-state index in [-0.39, 0.29) is 59.8 Å².